The first-order chi connectivity index (χ1) is 8.54. The quantitative estimate of drug-likeness (QED) is 0.501. The molecule has 0 unspecified atom stereocenters. The van der Waals surface area contributed by atoms with Gasteiger partial charge in [0.1, 0.15) is 6.04 Å². The maximum absolute atomic E-state index is 11.0. The SMILES string of the molecule is CC.COC(=O)[C@@H](N)Cc1ccc([N+](=O)[O-])cc1. The van der Waals surface area contributed by atoms with E-state index in [1.54, 1.807) is 12.1 Å². The van der Waals surface area contributed by atoms with Crippen LogP contribution >= 0.6 is 0 Å². The highest BCUT2D eigenvalue weighted by atomic mass is 16.6. The van der Waals surface area contributed by atoms with Gasteiger partial charge in [0.15, 0.2) is 0 Å². The molecular formula is C12H18N2O4. The Morgan fingerprint density at radius 2 is 1.89 bits per heavy atom. The standard InChI is InChI=1S/C10H12N2O4.C2H6/c1-16-10(13)9(11)6-7-2-4-8(5-3-7)12(14)15;1-2/h2-5,9H,6,11H2,1H3;1-2H3/t9-;/m0./s1. The number of nitrogens with zero attached hydrogens (tertiary/aromatic N) is 1. The van der Waals surface area contributed by atoms with E-state index in [2.05, 4.69) is 4.74 Å². The van der Waals surface area contributed by atoms with Gasteiger partial charge in [0, 0.05) is 12.1 Å². The number of nitro benzene ring substituents is 1. The lowest BCUT2D eigenvalue weighted by Gasteiger charge is -2.08. The van der Waals surface area contributed by atoms with E-state index in [0.717, 1.165) is 5.56 Å². The molecule has 1 atom stereocenters. The number of nitro groups is 1. The molecule has 0 spiro atoms. The van der Waals surface area contributed by atoms with Gasteiger partial charge >= 0.3 is 5.97 Å². The lowest BCUT2D eigenvalue weighted by Crippen LogP contribution is -2.33. The van der Waals surface area contributed by atoms with E-state index in [4.69, 9.17) is 5.73 Å². The van der Waals surface area contributed by atoms with Crippen LogP contribution in [-0.2, 0) is 16.0 Å². The van der Waals surface area contributed by atoms with Gasteiger partial charge in [-0.1, -0.05) is 26.0 Å². The van der Waals surface area contributed by atoms with Crippen molar-refractivity contribution in [3.05, 3.63) is 39.9 Å². The molecule has 0 heterocycles. The van der Waals surface area contributed by atoms with Gasteiger partial charge in [-0.05, 0) is 12.0 Å². The highest BCUT2D eigenvalue weighted by molar-refractivity contribution is 5.75. The van der Waals surface area contributed by atoms with Gasteiger partial charge in [0.05, 0.1) is 12.0 Å². The molecule has 0 amide bonds. The first kappa shape index (κ1) is 16.1. The molecule has 0 aliphatic heterocycles. The fraction of sp³-hybridized carbons (Fsp3) is 0.417. The average Bonchev–Trinajstić information content (AvgIpc) is 2.40. The molecule has 0 fully saturated rings. The minimum Gasteiger partial charge on any atom is -0.468 e. The highest BCUT2D eigenvalue weighted by Crippen LogP contribution is 2.12. The number of benzene rings is 1. The van der Waals surface area contributed by atoms with Crippen LogP contribution in [0.15, 0.2) is 24.3 Å². The number of esters is 1. The van der Waals surface area contributed by atoms with Crippen LogP contribution in [0.5, 0.6) is 0 Å². The molecular weight excluding hydrogens is 236 g/mol. The molecule has 0 aliphatic rings. The third-order valence-electron chi connectivity index (χ3n) is 2.11. The molecule has 6 heteroatoms. The lowest BCUT2D eigenvalue weighted by molar-refractivity contribution is -0.384. The van der Waals surface area contributed by atoms with Gasteiger partial charge in [-0.3, -0.25) is 14.9 Å². The van der Waals surface area contributed by atoms with Gasteiger partial charge in [-0.15, -0.1) is 0 Å². The Balaban J connectivity index is 0.00000137. The van der Waals surface area contributed by atoms with Crippen molar-refractivity contribution in [3.8, 4) is 0 Å². The summed E-state index contributed by atoms with van der Waals surface area (Å²) in [5.41, 5.74) is 6.31. The zero-order valence-corrected chi connectivity index (χ0v) is 10.8. The molecule has 0 saturated heterocycles. The highest BCUT2D eigenvalue weighted by Gasteiger charge is 2.14. The number of hydrogen-bond acceptors (Lipinski definition) is 5. The molecule has 0 bridgehead atoms. The van der Waals surface area contributed by atoms with E-state index in [1.165, 1.54) is 19.2 Å². The smallest absolute Gasteiger partial charge is 0.322 e. The number of hydrogen-bond donors (Lipinski definition) is 1. The third-order valence-corrected chi connectivity index (χ3v) is 2.11. The number of carbonyl (C=O) groups excluding carboxylic acids is 1. The van der Waals surface area contributed by atoms with Crippen molar-refractivity contribution >= 4 is 11.7 Å². The Bertz CT molecular complexity index is 390. The maximum Gasteiger partial charge on any atom is 0.322 e. The van der Waals surface area contributed by atoms with Crippen LogP contribution in [0.4, 0.5) is 5.69 Å². The summed E-state index contributed by atoms with van der Waals surface area (Å²) in [5.74, 6) is -0.502. The fourth-order valence-corrected chi connectivity index (χ4v) is 1.24. The number of methoxy groups -OCH3 is 1. The maximum atomic E-state index is 11.0. The predicted octanol–water partition coefficient (Wildman–Crippen LogP) is 1.66. The third kappa shape index (κ3) is 4.92. The monoisotopic (exact) mass is 254 g/mol. The van der Waals surface area contributed by atoms with E-state index in [1.807, 2.05) is 13.8 Å². The van der Waals surface area contributed by atoms with E-state index in [-0.39, 0.29) is 5.69 Å². The lowest BCUT2D eigenvalue weighted by atomic mass is 10.1. The van der Waals surface area contributed by atoms with Crippen LogP contribution in [0.2, 0.25) is 0 Å². The number of nitrogens with two attached hydrogens (primary N) is 1. The Labute approximate surface area is 106 Å². The fourth-order valence-electron chi connectivity index (χ4n) is 1.24. The summed E-state index contributed by atoms with van der Waals surface area (Å²) in [6.07, 6.45) is 0.296. The van der Waals surface area contributed by atoms with Crippen LogP contribution in [0.25, 0.3) is 0 Å². The van der Waals surface area contributed by atoms with E-state index in [9.17, 15) is 14.9 Å². The molecule has 6 nitrogen and oxygen atoms in total. The molecule has 0 saturated carbocycles. The topological polar surface area (TPSA) is 95.5 Å². The van der Waals surface area contributed by atoms with Crippen molar-refractivity contribution in [2.75, 3.05) is 7.11 Å². The molecule has 0 aromatic heterocycles. The average molecular weight is 254 g/mol. The summed E-state index contributed by atoms with van der Waals surface area (Å²) in [7, 11) is 1.26. The molecule has 2 N–H and O–H groups in total. The Kier molecular flexibility index (Phi) is 7.30. The summed E-state index contributed by atoms with van der Waals surface area (Å²) in [4.78, 5) is 20.9. The summed E-state index contributed by atoms with van der Waals surface area (Å²) in [6, 6.07) is 5.15. The molecule has 18 heavy (non-hydrogen) atoms. The van der Waals surface area contributed by atoms with Crippen molar-refractivity contribution < 1.29 is 14.5 Å². The first-order valence-electron chi connectivity index (χ1n) is 5.61. The van der Waals surface area contributed by atoms with Gasteiger partial charge < -0.3 is 10.5 Å². The predicted molar refractivity (Wildman–Crippen MR) is 68.1 cm³/mol. The molecule has 1 aromatic rings. The zero-order valence-electron chi connectivity index (χ0n) is 10.8. The van der Waals surface area contributed by atoms with Crippen molar-refractivity contribution in [2.24, 2.45) is 5.73 Å². The van der Waals surface area contributed by atoms with E-state index >= 15 is 0 Å². The van der Waals surface area contributed by atoms with Crippen molar-refractivity contribution in [1.29, 1.82) is 0 Å². The van der Waals surface area contributed by atoms with Crippen molar-refractivity contribution in [1.82, 2.24) is 0 Å². The van der Waals surface area contributed by atoms with Crippen LogP contribution < -0.4 is 5.73 Å². The number of carbonyl (C=O) groups is 1. The van der Waals surface area contributed by atoms with E-state index < -0.39 is 16.9 Å². The molecule has 1 rings (SSSR count). The van der Waals surface area contributed by atoms with Crippen molar-refractivity contribution in [3.63, 3.8) is 0 Å². The van der Waals surface area contributed by atoms with Crippen LogP contribution in [0.1, 0.15) is 19.4 Å². The second-order valence-electron chi connectivity index (χ2n) is 3.26. The summed E-state index contributed by atoms with van der Waals surface area (Å²) >= 11 is 0. The Hall–Kier alpha value is -1.95. The zero-order chi connectivity index (χ0) is 14.1. The van der Waals surface area contributed by atoms with E-state index in [0.29, 0.717) is 6.42 Å². The minimum atomic E-state index is -0.744. The van der Waals surface area contributed by atoms with Gasteiger partial charge in [-0.25, -0.2) is 0 Å². The molecule has 0 aliphatic carbocycles. The number of ether oxygens (including phenoxy) is 1. The van der Waals surface area contributed by atoms with Gasteiger partial charge in [0.2, 0.25) is 0 Å². The minimum absolute atomic E-state index is 0.00962. The summed E-state index contributed by atoms with van der Waals surface area (Å²) in [5, 5.41) is 10.4. The molecule has 1 aromatic carbocycles. The largest absolute Gasteiger partial charge is 0.468 e. The van der Waals surface area contributed by atoms with Crippen LogP contribution in [0, 0.1) is 10.1 Å². The Morgan fingerprint density at radius 1 is 1.39 bits per heavy atom. The first-order valence-corrected chi connectivity index (χ1v) is 5.61. The second-order valence-corrected chi connectivity index (χ2v) is 3.26. The number of non-ortho nitro benzene ring substituents is 1. The van der Waals surface area contributed by atoms with Gasteiger partial charge in [0.25, 0.3) is 5.69 Å². The van der Waals surface area contributed by atoms with Crippen LogP contribution in [0.3, 0.4) is 0 Å². The summed E-state index contributed by atoms with van der Waals surface area (Å²) < 4.78 is 4.47. The van der Waals surface area contributed by atoms with Crippen LogP contribution in [-0.4, -0.2) is 24.0 Å². The number of rotatable bonds is 4. The summed E-state index contributed by atoms with van der Waals surface area (Å²) in [6.45, 7) is 4.00. The normalized spacial score (nSPS) is 10.9. The Morgan fingerprint density at radius 3 is 2.28 bits per heavy atom. The second kappa shape index (κ2) is 8.19. The van der Waals surface area contributed by atoms with Gasteiger partial charge in [-0.2, -0.15) is 0 Å². The molecule has 0 radical (unpaired) electrons. The van der Waals surface area contributed by atoms with Crippen molar-refractivity contribution in [2.45, 2.75) is 26.3 Å². The molecule has 100 valence electrons.